The lowest BCUT2D eigenvalue weighted by atomic mass is 9.89. The number of hydrogen-bond acceptors (Lipinski definition) is 8. The topological polar surface area (TPSA) is 105 Å². The van der Waals surface area contributed by atoms with Crippen LogP contribution >= 0.6 is 0 Å². The Bertz CT molecular complexity index is 1070. The minimum Gasteiger partial charge on any atom is -0.493 e. The summed E-state index contributed by atoms with van der Waals surface area (Å²) in [6.45, 7) is 9.60. The molecule has 2 atom stereocenters. The molecule has 0 spiro atoms. The van der Waals surface area contributed by atoms with Gasteiger partial charge in [-0.15, -0.1) is 0 Å². The van der Waals surface area contributed by atoms with Crippen molar-refractivity contribution in [3.8, 4) is 0 Å². The lowest BCUT2D eigenvalue weighted by molar-refractivity contribution is -0.199. The number of cyclic esters (lactones) is 1. The first kappa shape index (κ1) is 29.6. The maximum atomic E-state index is 12.9. The van der Waals surface area contributed by atoms with Gasteiger partial charge in [-0.05, 0) is 49.8 Å². The first-order valence-electron chi connectivity index (χ1n) is 10.7. The molecule has 0 aromatic carbocycles. The van der Waals surface area contributed by atoms with E-state index >= 15 is 0 Å². The molecule has 0 amide bonds. The average molecular weight is 540 g/mol. The number of allylic oxidation sites excluding steroid dienone is 3. The number of carbonyl (C=O) groups excluding carboxylic acids is 4. The first-order chi connectivity index (χ1) is 16.9. The molecule has 0 N–H and O–H groups in total. The van der Waals surface area contributed by atoms with Crippen molar-refractivity contribution in [1.29, 1.82) is 0 Å². The van der Waals surface area contributed by atoms with Crippen LogP contribution in [-0.2, 0) is 38.1 Å². The van der Waals surface area contributed by atoms with E-state index in [1.165, 1.54) is 6.92 Å². The Balaban J connectivity index is 2.51. The van der Waals surface area contributed by atoms with Crippen molar-refractivity contribution in [3.63, 3.8) is 0 Å². The molecule has 0 aromatic rings. The van der Waals surface area contributed by atoms with Gasteiger partial charge in [-0.1, -0.05) is 13.2 Å². The number of halogens is 6. The van der Waals surface area contributed by atoms with E-state index in [4.69, 9.17) is 9.47 Å². The standard InChI is InChI=1S/C23H22F6O8/c1-10(2)14(30)8-13(9-34-15(11(3)4)12-6-5-7-12)16-17(36-20(32)22(24,25)26)18(19(31)35-16)37-21(33)23(27,28)29/h13,16H,1,3,5-9H2,2,4H3. The van der Waals surface area contributed by atoms with Gasteiger partial charge in [-0.2, -0.15) is 26.3 Å². The van der Waals surface area contributed by atoms with Gasteiger partial charge in [-0.3, -0.25) is 4.79 Å². The van der Waals surface area contributed by atoms with Gasteiger partial charge < -0.3 is 18.9 Å². The summed E-state index contributed by atoms with van der Waals surface area (Å²) >= 11 is 0. The quantitative estimate of drug-likeness (QED) is 0.131. The molecule has 1 heterocycles. The fraction of sp³-hybridized carbons (Fsp3) is 0.478. The monoisotopic (exact) mass is 540 g/mol. The second-order valence-electron chi connectivity index (χ2n) is 8.34. The van der Waals surface area contributed by atoms with Gasteiger partial charge in [-0.25, -0.2) is 14.4 Å². The maximum Gasteiger partial charge on any atom is 0.491 e. The van der Waals surface area contributed by atoms with Crippen LogP contribution in [0.25, 0.3) is 0 Å². The second kappa shape index (κ2) is 11.2. The van der Waals surface area contributed by atoms with Crippen LogP contribution in [0.2, 0.25) is 0 Å². The Labute approximate surface area is 206 Å². The highest BCUT2D eigenvalue weighted by molar-refractivity contribution is 5.96. The van der Waals surface area contributed by atoms with Crippen molar-refractivity contribution in [3.05, 3.63) is 47.2 Å². The number of esters is 3. The summed E-state index contributed by atoms with van der Waals surface area (Å²) in [6, 6.07) is 0. The fourth-order valence-corrected chi connectivity index (χ4v) is 3.23. The first-order valence-corrected chi connectivity index (χ1v) is 10.7. The molecule has 2 rings (SSSR count). The summed E-state index contributed by atoms with van der Waals surface area (Å²) < 4.78 is 95.4. The summed E-state index contributed by atoms with van der Waals surface area (Å²) in [6.07, 6.45) is -11.8. The molecule has 1 aliphatic heterocycles. The third-order valence-electron chi connectivity index (χ3n) is 5.22. The van der Waals surface area contributed by atoms with Crippen molar-refractivity contribution >= 4 is 23.7 Å². The largest absolute Gasteiger partial charge is 0.493 e. The van der Waals surface area contributed by atoms with Gasteiger partial charge in [0.1, 0.15) is 5.76 Å². The van der Waals surface area contributed by atoms with E-state index in [1.807, 2.05) is 0 Å². The SMILES string of the molecule is C=C(C)C(=O)CC(COC(C(=C)C)=C1CCC1)C1OC(=O)C(OC(=O)C(F)(F)F)=C1OC(=O)C(F)(F)F. The van der Waals surface area contributed by atoms with E-state index < -0.39 is 72.6 Å². The van der Waals surface area contributed by atoms with Crippen LogP contribution in [0.1, 0.15) is 39.5 Å². The molecule has 204 valence electrons. The second-order valence-corrected chi connectivity index (χ2v) is 8.34. The highest BCUT2D eigenvalue weighted by atomic mass is 19.4. The molecule has 0 aromatic heterocycles. The fourth-order valence-electron chi connectivity index (χ4n) is 3.23. The van der Waals surface area contributed by atoms with Crippen molar-refractivity contribution < 1.29 is 64.5 Å². The Hall–Kier alpha value is -3.58. The van der Waals surface area contributed by atoms with Crippen LogP contribution in [0.3, 0.4) is 0 Å². The van der Waals surface area contributed by atoms with Crippen molar-refractivity contribution in [1.82, 2.24) is 0 Å². The third-order valence-corrected chi connectivity index (χ3v) is 5.22. The predicted octanol–water partition coefficient (Wildman–Crippen LogP) is 4.52. The van der Waals surface area contributed by atoms with Crippen LogP contribution < -0.4 is 0 Å². The molecule has 1 saturated carbocycles. The number of alkyl halides is 6. The Morgan fingerprint density at radius 2 is 1.51 bits per heavy atom. The van der Waals surface area contributed by atoms with E-state index in [2.05, 4.69) is 22.6 Å². The average Bonchev–Trinajstić information content (AvgIpc) is 3.01. The Morgan fingerprint density at radius 1 is 0.973 bits per heavy atom. The van der Waals surface area contributed by atoms with Crippen LogP contribution in [0.15, 0.2) is 47.2 Å². The van der Waals surface area contributed by atoms with Gasteiger partial charge in [0, 0.05) is 12.3 Å². The Kier molecular flexibility index (Phi) is 8.99. The van der Waals surface area contributed by atoms with Crippen LogP contribution in [0.5, 0.6) is 0 Å². The lowest BCUT2D eigenvalue weighted by Gasteiger charge is -2.27. The molecule has 14 heteroatoms. The van der Waals surface area contributed by atoms with Gasteiger partial charge in [0.05, 0.1) is 6.61 Å². The number of ether oxygens (including phenoxy) is 4. The molecule has 1 aliphatic carbocycles. The molecule has 2 aliphatic rings. The van der Waals surface area contributed by atoms with Crippen LogP contribution in [0, 0.1) is 5.92 Å². The molecular weight excluding hydrogens is 518 g/mol. The number of hydrogen-bond donors (Lipinski definition) is 0. The predicted molar refractivity (Wildman–Crippen MR) is 111 cm³/mol. The summed E-state index contributed by atoms with van der Waals surface area (Å²) in [5.74, 6) is -12.6. The molecule has 0 saturated heterocycles. The van der Waals surface area contributed by atoms with E-state index in [1.54, 1.807) is 6.92 Å². The van der Waals surface area contributed by atoms with Gasteiger partial charge in [0.2, 0.25) is 0 Å². The zero-order chi connectivity index (χ0) is 28.3. The molecule has 37 heavy (non-hydrogen) atoms. The molecule has 2 unspecified atom stereocenters. The molecule has 1 fully saturated rings. The van der Waals surface area contributed by atoms with Crippen LogP contribution in [-0.4, -0.2) is 48.8 Å². The van der Waals surface area contributed by atoms with Gasteiger partial charge >= 0.3 is 30.3 Å². The maximum absolute atomic E-state index is 12.9. The summed E-state index contributed by atoms with van der Waals surface area (Å²) in [7, 11) is 0. The highest BCUT2D eigenvalue weighted by Gasteiger charge is 2.51. The van der Waals surface area contributed by atoms with Crippen molar-refractivity contribution in [2.45, 2.75) is 58.0 Å². The van der Waals surface area contributed by atoms with E-state index in [-0.39, 0.29) is 5.57 Å². The summed E-state index contributed by atoms with van der Waals surface area (Å²) in [5, 5.41) is 0. The highest BCUT2D eigenvalue weighted by Crippen LogP contribution is 2.37. The normalized spacial score (nSPS) is 18.4. The lowest BCUT2D eigenvalue weighted by Crippen LogP contribution is -2.34. The minimum absolute atomic E-state index is 0.00617. The number of ketones is 1. The van der Waals surface area contributed by atoms with E-state index in [9.17, 15) is 45.5 Å². The zero-order valence-corrected chi connectivity index (χ0v) is 19.6. The van der Waals surface area contributed by atoms with Gasteiger partial charge in [0.25, 0.3) is 5.76 Å². The number of Topliss-reactive ketones (excluding diaryl/α,β-unsaturated/α-hetero) is 1. The molecule has 8 nitrogen and oxygen atoms in total. The van der Waals surface area contributed by atoms with E-state index in [0.29, 0.717) is 24.2 Å². The van der Waals surface area contributed by atoms with Crippen molar-refractivity contribution in [2.24, 2.45) is 5.92 Å². The van der Waals surface area contributed by atoms with Crippen molar-refractivity contribution in [2.75, 3.05) is 6.61 Å². The molecule has 0 bridgehead atoms. The zero-order valence-electron chi connectivity index (χ0n) is 19.6. The summed E-state index contributed by atoms with van der Waals surface area (Å²) in [4.78, 5) is 47.4. The Morgan fingerprint density at radius 3 is 1.95 bits per heavy atom. The van der Waals surface area contributed by atoms with Crippen LogP contribution in [0.4, 0.5) is 26.3 Å². The molecular formula is C23H22F6O8. The number of rotatable bonds is 10. The molecule has 0 radical (unpaired) electrons. The third kappa shape index (κ3) is 7.46. The number of carbonyl (C=O) groups is 4. The smallest absolute Gasteiger partial charge is 0.491 e. The summed E-state index contributed by atoms with van der Waals surface area (Å²) in [5.41, 5.74) is 1.33. The van der Waals surface area contributed by atoms with E-state index in [0.717, 1.165) is 12.0 Å². The van der Waals surface area contributed by atoms with Gasteiger partial charge in [0.15, 0.2) is 17.6 Å². The minimum atomic E-state index is -5.66.